The minimum atomic E-state index is -0.586. The number of benzene rings is 1. The number of likely N-dealkylation sites (tertiary alicyclic amines) is 1. The van der Waals surface area contributed by atoms with Crippen LogP contribution in [0.25, 0.3) is 11.4 Å². The summed E-state index contributed by atoms with van der Waals surface area (Å²) < 4.78 is 9.57. The normalized spacial score (nSPS) is 16.9. The summed E-state index contributed by atoms with van der Waals surface area (Å²) in [6.07, 6.45) is 0.135. The Morgan fingerprint density at radius 2 is 2.00 bits per heavy atom. The molecular weight excluding hydrogens is 340 g/mol. The van der Waals surface area contributed by atoms with Crippen molar-refractivity contribution in [2.24, 2.45) is 0 Å². The predicted molar refractivity (Wildman–Crippen MR) is 95.3 cm³/mol. The topological polar surface area (TPSA) is 84.4 Å². The molecule has 1 aliphatic heterocycles. The standard InChI is InChI=1S/C17H20N4O3S/c1-17(2,3)24-16(23)21-10-9-12(21)14(22)19-15-18-13(20-25-15)11-7-5-4-6-8-11/h4-8,12H,9-10H2,1-3H3,(H,18,19,20,22). The Morgan fingerprint density at radius 3 is 2.60 bits per heavy atom. The second kappa shape index (κ2) is 6.79. The lowest BCUT2D eigenvalue weighted by atomic mass is 10.0. The zero-order valence-corrected chi connectivity index (χ0v) is 15.2. The van der Waals surface area contributed by atoms with Crippen LogP contribution in [0, 0.1) is 0 Å². The summed E-state index contributed by atoms with van der Waals surface area (Å²) in [5.41, 5.74) is 0.301. The maximum Gasteiger partial charge on any atom is 0.410 e. The van der Waals surface area contributed by atoms with Gasteiger partial charge in [0.2, 0.25) is 11.0 Å². The lowest BCUT2D eigenvalue weighted by Gasteiger charge is -2.39. The van der Waals surface area contributed by atoms with Crippen LogP contribution in [0.5, 0.6) is 0 Å². The summed E-state index contributed by atoms with van der Waals surface area (Å²) in [6, 6.07) is 9.01. The molecule has 2 amide bonds. The molecular formula is C17H20N4O3S. The minimum absolute atomic E-state index is 0.270. The molecule has 2 aromatic rings. The van der Waals surface area contributed by atoms with E-state index >= 15 is 0 Å². The Bertz CT molecular complexity index is 770. The zero-order chi connectivity index (χ0) is 18.0. The number of aromatic nitrogens is 2. The highest BCUT2D eigenvalue weighted by atomic mass is 32.1. The average molecular weight is 360 g/mol. The molecule has 1 N–H and O–H groups in total. The zero-order valence-electron chi connectivity index (χ0n) is 14.4. The molecule has 0 aliphatic carbocycles. The number of anilines is 1. The number of hydrogen-bond acceptors (Lipinski definition) is 6. The van der Waals surface area contributed by atoms with Gasteiger partial charge in [-0.25, -0.2) is 4.79 Å². The van der Waals surface area contributed by atoms with Crippen LogP contribution in [-0.2, 0) is 9.53 Å². The maximum absolute atomic E-state index is 12.4. The van der Waals surface area contributed by atoms with E-state index in [4.69, 9.17) is 4.74 Å². The van der Waals surface area contributed by atoms with E-state index in [2.05, 4.69) is 14.7 Å². The van der Waals surface area contributed by atoms with Crippen molar-refractivity contribution >= 4 is 28.7 Å². The Morgan fingerprint density at radius 1 is 1.28 bits per heavy atom. The first-order valence-electron chi connectivity index (χ1n) is 8.03. The van der Waals surface area contributed by atoms with Crippen LogP contribution in [0.1, 0.15) is 27.2 Å². The van der Waals surface area contributed by atoms with Crippen LogP contribution in [0.2, 0.25) is 0 Å². The number of nitrogens with zero attached hydrogens (tertiary/aromatic N) is 3. The lowest BCUT2D eigenvalue weighted by molar-refractivity contribution is -0.125. The Kier molecular flexibility index (Phi) is 4.71. The lowest BCUT2D eigenvalue weighted by Crippen LogP contribution is -2.57. The first-order chi connectivity index (χ1) is 11.8. The van der Waals surface area contributed by atoms with Crippen LogP contribution in [-0.4, -0.2) is 44.4 Å². The molecule has 0 saturated carbocycles. The Balaban J connectivity index is 1.61. The van der Waals surface area contributed by atoms with Gasteiger partial charge in [-0.1, -0.05) is 30.3 Å². The number of hydrogen-bond donors (Lipinski definition) is 1. The van der Waals surface area contributed by atoms with Crippen LogP contribution in [0.4, 0.5) is 9.93 Å². The largest absolute Gasteiger partial charge is 0.444 e. The molecule has 3 rings (SSSR count). The quantitative estimate of drug-likeness (QED) is 0.909. The van der Waals surface area contributed by atoms with E-state index in [0.29, 0.717) is 23.9 Å². The van der Waals surface area contributed by atoms with Gasteiger partial charge in [-0.2, -0.15) is 9.36 Å². The molecule has 1 atom stereocenters. The van der Waals surface area contributed by atoms with Gasteiger partial charge in [0, 0.05) is 23.6 Å². The molecule has 132 valence electrons. The molecule has 8 heteroatoms. The summed E-state index contributed by atoms with van der Waals surface area (Å²) in [4.78, 5) is 30.3. The first kappa shape index (κ1) is 17.3. The van der Waals surface area contributed by atoms with Crippen molar-refractivity contribution in [1.82, 2.24) is 14.3 Å². The second-order valence-electron chi connectivity index (χ2n) is 6.76. The van der Waals surface area contributed by atoms with E-state index in [0.717, 1.165) is 17.1 Å². The van der Waals surface area contributed by atoms with Gasteiger partial charge in [0.25, 0.3) is 0 Å². The number of amides is 2. The number of rotatable bonds is 3. The molecule has 1 aromatic heterocycles. The van der Waals surface area contributed by atoms with Gasteiger partial charge in [0.1, 0.15) is 11.6 Å². The molecule has 2 heterocycles. The van der Waals surface area contributed by atoms with E-state index in [-0.39, 0.29) is 5.91 Å². The van der Waals surface area contributed by atoms with Gasteiger partial charge < -0.3 is 4.74 Å². The fraction of sp³-hybridized carbons (Fsp3) is 0.412. The second-order valence-corrected chi connectivity index (χ2v) is 7.51. The summed E-state index contributed by atoms with van der Waals surface area (Å²) in [7, 11) is 0. The van der Waals surface area contributed by atoms with Gasteiger partial charge >= 0.3 is 6.09 Å². The van der Waals surface area contributed by atoms with E-state index < -0.39 is 17.7 Å². The summed E-state index contributed by atoms with van der Waals surface area (Å²) in [5, 5.41) is 3.15. The van der Waals surface area contributed by atoms with Crippen molar-refractivity contribution in [3.05, 3.63) is 30.3 Å². The van der Waals surface area contributed by atoms with Gasteiger partial charge in [-0.15, -0.1) is 0 Å². The van der Waals surface area contributed by atoms with Crippen LogP contribution in [0.15, 0.2) is 30.3 Å². The fourth-order valence-corrected chi connectivity index (χ4v) is 2.96. The van der Waals surface area contributed by atoms with E-state index in [1.807, 2.05) is 30.3 Å². The first-order valence-corrected chi connectivity index (χ1v) is 8.80. The van der Waals surface area contributed by atoms with E-state index in [1.54, 1.807) is 20.8 Å². The third kappa shape index (κ3) is 4.14. The number of nitrogens with one attached hydrogen (secondary N) is 1. The monoisotopic (exact) mass is 360 g/mol. The minimum Gasteiger partial charge on any atom is -0.444 e. The van der Waals surface area contributed by atoms with Crippen LogP contribution < -0.4 is 5.32 Å². The average Bonchev–Trinajstić information content (AvgIpc) is 2.93. The summed E-state index contributed by atoms with van der Waals surface area (Å²) >= 11 is 1.12. The van der Waals surface area contributed by atoms with Crippen molar-refractivity contribution in [2.45, 2.75) is 38.8 Å². The molecule has 0 bridgehead atoms. The third-order valence-corrected chi connectivity index (χ3v) is 4.27. The molecule has 25 heavy (non-hydrogen) atoms. The van der Waals surface area contributed by atoms with Crippen LogP contribution in [0.3, 0.4) is 0 Å². The molecule has 7 nitrogen and oxygen atoms in total. The van der Waals surface area contributed by atoms with Crippen molar-refractivity contribution in [2.75, 3.05) is 11.9 Å². The molecule has 0 spiro atoms. The Hall–Kier alpha value is -2.48. The molecule has 1 saturated heterocycles. The van der Waals surface area contributed by atoms with Crippen molar-refractivity contribution < 1.29 is 14.3 Å². The van der Waals surface area contributed by atoms with Crippen LogP contribution >= 0.6 is 11.5 Å². The van der Waals surface area contributed by atoms with Gasteiger partial charge in [-0.3, -0.25) is 15.0 Å². The van der Waals surface area contributed by atoms with Crippen molar-refractivity contribution in [3.63, 3.8) is 0 Å². The number of carbonyl (C=O) groups excluding carboxylic acids is 2. The molecule has 0 radical (unpaired) electrons. The van der Waals surface area contributed by atoms with Gasteiger partial charge in [-0.05, 0) is 27.2 Å². The fourth-order valence-electron chi connectivity index (χ4n) is 2.37. The third-order valence-electron chi connectivity index (χ3n) is 3.64. The molecule has 1 fully saturated rings. The van der Waals surface area contributed by atoms with Gasteiger partial charge in [0.05, 0.1) is 0 Å². The SMILES string of the molecule is CC(C)(C)OC(=O)N1CCC1C(=O)Nc1nc(-c2ccccc2)ns1. The maximum atomic E-state index is 12.4. The predicted octanol–water partition coefficient (Wildman–Crippen LogP) is 3.15. The van der Waals surface area contributed by atoms with Gasteiger partial charge in [0.15, 0.2) is 5.82 Å². The molecule has 1 unspecified atom stereocenters. The number of carbonyl (C=O) groups is 2. The highest BCUT2D eigenvalue weighted by molar-refractivity contribution is 7.10. The smallest absolute Gasteiger partial charge is 0.410 e. The Labute approximate surface area is 150 Å². The number of ether oxygens (including phenoxy) is 1. The van der Waals surface area contributed by atoms with E-state index in [1.165, 1.54) is 4.90 Å². The summed E-state index contributed by atoms with van der Waals surface area (Å²) in [5.74, 6) is 0.298. The summed E-state index contributed by atoms with van der Waals surface area (Å²) in [6.45, 7) is 5.91. The van der Waals surface area contributed by atoms with E-state index in [9.17, 15) is 9.59 Å². The molecule has 1 aromatic carbocycles. The highest BCUT2D eigenvalue weighted by Gasteiger charge is 2.40. The molecule has 1 aliphatic rings. The van der Waals surface area contributed by atoms with Crippen molar-refractivity contribution in [1.29, 1.82) is 0 Å². The highest BCUT2D eigenvalue weighted by Crippen LogP contribution is 2.24. The van der Waals surface area contributed by atoms with Crippen molar-refractivity contribution in [3.8, 4) is 11.4 Å².